The molecule has 7 nitrogen and oxygen atoms in total. The van der Waals surface area contributed by atoms with Crippen molar-refractivity contribution in [1.82, 2.24) is 20.9 Å². The molecule has 0 bridgehead atoms. The third-order valence-electron chi connectivity index (χ3n) is 6.06. The number of nitrogens with zero attached hydrogens (tertiary/aromatic N) is 1. The number of hydrogen-bond acceptors (Lipinski definition) is 4. The van der Waals surface area contributed by atoms with Gasteiger partial charge in [0.05, 0.1) is 0 Å². The van der Waals surface area contributed by atoms with E-state index < -0.39 is 11.6 Å². The van der Waals surface area contributed by atoms with E-state index in [1.165, 1.54) is 0 Å². The molecule has 2 saturated heterocycles. The molecule has 0 radical (unpaired) electrons. The smallest absolute Gasteiger partial charge is 0.325 e. The summed E-state index contributed by atoms with van der Waals surface area (Å²) in [6, 6.07) is -0.347. The molecule has 3 fully saturated rings. The molecule has 0 aromatic heterocycles. The van der Waals surface area contributed by atoms with Crippen LogP contribution < -0.4 is 16.0 Å². The molecule has 3 rings (SSSR count). The van der Waals surface area contributed by atoms with Gasteiger partial charge < -0.3 is 16.0 Å². The number of halogens is 1. The Hall–Kier alpha value is -1.34. The van der Waals surface area contributed by atoms with Crippen molar-refractivity contribution in [2.45, 2.75) is 65.0 Å². The molecule has 3 N–H and O–H groups in total. The van der Waals surface area contributed by atoms with Crippen LogP contribution in [0.2, 0.25) is 0 Å². The zero-order valence-electron chi connectivity index (χ0n) is 16.8. The molecule has 2 heterocycles. The highest BCUT2D eigenvalue weighted by Gasteiger charge is 2.56. The average molecular weight is 401 g/mol. The number of carbonyl (C=O) groups excluding carboxylic acids is 3. The molecule has 3 aliphatic rings. The third kappa shape index (κ3) is 4.57. The molecule has 4 unspecified atom stereocenters. The lowest BCUT2D eigenvalue weighted by molar-refractivity contribution is -0.137. The number of hydrogen-bond donors (Lipinski definition) is 3. The van der Waals surface area contributed by atoms with E-state index in [1.807, 2.05) is 0 Å². The zero-order chi connectivity index (χ0) is 19.1. The Balaban J connectivity index is 0.00000261. The quantitative estimate of drug-likeness (QED) is 0.628. The third-order valence-corrected chi connectivity index (χ3v) is 6.06. The lowest BCUT2D eigenvalue weighted by atomic mass is 9.64. The first-order valence-electron chi connectivity index (χ1n) is 9.76. The SMILES string of the molecule is CC1CC(C)(C)CC2(C1)NC(=O)N(CC(=O)NC1CCNCC1C)C2=O.Cl. The molecule has 1 spiro atoms. The molecule has 0 aromatic rings. The van der Waals surface area contributed by atoms with E-state index in [0.717, 1.165) is 30.8 Å². The number of imide groups is 1. The van der Waals surface area contributed by atoms with Gasteiger partial charge in [-0.15, -0.1) is 12.4 Å². The summed E-state index contributed by atoms with van der Waals surface area (Å²) in [6.45, 7) is 10.0. The molecule has 1 saturated carbocycles. The maximum absolute atomic E-state index is 13.1. The second kappa shape index (κ2) is 7.95. The van der Waals surface area contributed by atoms with E-state index in [-0.39, 0.29) is 42.2 Å². The van der Waals surface area contributed by atoms with E-state index in [9.17, 15) is 14.4 Å². The fourth-order valence-corrected chi connectivity index (χ4v) is 5.27. The van der Waals surface area contributed by atoms with Gasteiger partial charge in [0.1, 0.15) is 12.1 Å². The largest absolute Gasteiger partial charge is 0.351 e. The first kappa shape index (κ1) is 22.0. The molecular formula is C19H33ClN4O3. The van der Waals surface area contributed by atoms with Gasteiger partial charge in [-0.2, -0.15) is 0 Å². The number of rotatable bonds is 3. The van der Waals surface area contributed by atoms with Crippen LogP contribution in [0.15, 0.2) is 0 Å². The summed E-state index contributed by atoms with van der Waals surface area (Å²) in [7, 11) is 0. The fourth-order valence-electron chi connectivity index (χ4n) is 5.27. The van der Waals surface area contributed by atoms with Gasteiger partial charge in [-0.25, -0.2) is 4.79 Å². The number of carbonyl (C=O) groups is 3. The van der Waals surface area contributed by atoms with Crippen LogP contribution in [-0.4, -0.2) is 54.0 Å². The molecular weight excluding hydrogens is 368 g/mol. The van der Waals surface area contributed by atoms with Crippen molar-refractivity contribution in [3.8, 4) is 0 Å². The molecule has 1 aliphatic carbocycles. The van der Waals surface area contributed by atoms with Crippen molar-refractivity contribution in [3.05, 3.63) is 0 Å². The van der Waals surface area contributed by atoms with Gasteiger partial charge in [-0.1, -0.05) is 27.7 Å². The first-order chi connectivity index (χ1) is 12.1. The molecule has 2 aliphatic heterocycles. The van der Waals surface area contributed by atoms with Crippen LogP contribution in [0.3, 0.4) is 0 Å². The predicted octanol–water partition coefficient (Wildman–Crippen LogP) is 1.66. The predicted molar refractivity (Wildman–Crippen MR) is 106 cm³/mol. The number of nitrogens with one attached hydrogen (secondary N) is 3. The van der Waals surface area contributed by atoms with Gasteiger partial charge in [0.25, 0.3) is 5.91 Å². The van der Waals surface area contributed by atoms with Crippen LogP contribution in [-0.2, 0) is 9.59 Å². The Bertz CT molecular complexity index is 612. The van der Waals surface area contributed by atoms with Crippen molar-refractivity contribution < 1.29 is 14.4 Å². The highest BCUT2D eigenvalue weighted by molar-refractivity contribution is 6.09. The lowest BCUT2D eigenvalue weighted by Gasteiger charge is -2.43. The van der Waals surface area contributed by atoms with Crippen LogP contribution in [0.25, 0.3) is 0 Å². The summed E-state index contributed by atoms with van der Waals surface area (Å²) in [6.07, 6.45) is 3.16. The van der Waals surface area contributed by atoms with Gasteiger partial charge in [-0.05, 0) is 56.0 Å². The minimum Gasteiger partial charge on any atom is -0.351 e. The zero-order valence-corrected chi connectivity index (χ0v) is 17.6. The summed E-state index contributed by atoms with van der Waals surface area (Å²) in [5.41, 5.74) is -0.857. The van der Waals surface area contributed by atoms with E-state index in [1.54, 1.807) is 0 Å². The van der Waals surface area contributed by atoms with Gasteiger partial charge in [-0.3, -0.25) is 14.5 Å². The summed E-state index contributed by atoms with van der Waals surface area (Å²) in [5.74, 6) is 0.192. The minimum atomic E-state index is -0.847. The molecule has 4 amide bonds. The Kier molecular flexibility index (Phi) is 6.47. The monoisotopic (exact) mass is 400 g/mol. The van der Waals surface area contributed by atoms with Gasteiger partial charge >= 0.3 is 6.03 Å². The average Bonchev–Trinajstić information content (AvgIpc) is 2.71. The van der Waals surface area contributed by atoms with Crippen LogP contribution in [0.1, 0.15) is 53.4 Å². The maximum Gasteiger partial charge on any atom is 0.325 e. The van der Waals surface area contributed by atoms with Crippen LogP contribution in [0.5, 0.6) is 0 Å². The van der Waals surface area contributed by atoms with Gasteiger partial charge in [0, 0.05) is 6.04 Å². The van der Waals surface area contributed by atoms with Crippen LogP contribution in [0.4, 0.5) is 4.79 Å². The molecule has 8 heteroatoms. The topological polar surface area (TPSA) is 90.5 Å². The van der Waals surface area contributed by atoms with Crippen molar-refractivity contribution >= 4 is 30.3 Å². The van der Waals surface area contributed by atoms with Crippen LogP contribution >= 0.6 is 12.4 Å². The van der Waals surface area contributed by atoms with E-state index in [0.29, 0.717) is 24.7 Å². The second-order valence-corrected chi connectivity index (χ2v) is 9.40. The normalized spacial score (nSPS) is 35.6. The number of piperidine rings is 1. The van der Waals surface area contributed by atoms with E-state index >= 15 is 0 Å². The summed E-state index contributed by atoms with van der Waals surface area (Å²) in [5, 5.41) is 9.22. The Morgan fingerprint density at radius 2 is 1.96 bits per heavy atom. The first-order valence-corrected chi connectivity index (χ1v) is 9.76. The van der Waals surface area contributed by atoms with Crippen molar-refractivity contribution in [2.24, 2.45) is 17.3 Å². The van der Waals surface area contributed by atoms with E-state index in [4.69, 9.17) is 0 Å². The van der Waals surface area contributed by atoms with Gasteiger partial charge in [0.2, 0.25) is 5.91 Å². The van der Waals surface area contributed by atoms with Crippen molar-refractivity contribution in [2.75, 3.05) is 19.6 Å². The standard InChI is InChI=1S/C19H32N4O3.ClH/c1-12-7-18(3,4)11-19(8-12)16(25)23(17(26)22-19)10-15(24)21-14-5-6-20-9-13(14)2;/h12-14,20H,5-11H2,1-4H3,(H,21,24)(H,22,26);1H. The lowest BCUT2D eigenvalue weighted by Crippen LogP contribution is -2.55. The number of urea groups is 1. The minimum absolute atomic E-state index is 0. The number of amides is 4. The highest BCUT2D eigenvalue weighted by atomic mass is 35.5. The highest BCUT2D eigenvalue weighted by Crippen LogP contribution is 2.46. The Morgan fingerprint density at radius 3 is 2.59 bits per heavy atom. The Labute approximate surface area is 167 Å². The summed E-state index contributed by atoms with van der Waals surface area (Å²) in [4.78, 5) is 39.1. The summed E-state index contributed by atoms with van der Waals surface area (Å²) >= 11 is 0. The van der Waals surface area contributed by atoms with Gasteiger partial charge in [0.15, 0.2) is 0 Å². The molecule has 0 aromatic carbocycles. The van der Waals surface area contributed by atoms with E-state index in [2.05, 4.69) is 43.6 Å². The molecule has 4 atom stereocenters. The fraction of sp³-hybridized carbons (Fsp3) is 0.842. The van der Waals surface area contributed by atoms with Crippen molar-refractivity contribution in [1.29, 1.82) is 0 Å². The summed E-state index contributed by atoms with van der Waals surface area (Å²) < 4.78 is 0. The van der Waals surface area contributed by atoms with Crippen molar-refractivity contribution in [3.63, 3.8) is 0 Å². The Morgan fingerprint density at radius 1 is 1.26 bits per heavy atom. The molecule has 27 heavy (non-hydrogen) atoms. The molecule has 154 valence electrons. The van der Waals surface area contributed by atoms with Crippen LogP contribution in [0, 0.1) is 17.3 Å². The second-order valence-electron chi connectivity index (χ2n) is 9.40. The maximum atomic E-state index is 13.1.